The van der Waals surface area contributed by atoms with Crippen LogP contribution in [0.4, 0.5) is 17.1 Å². The number of hydrogen-bond acceptors (Lipinski definition) is 1. The minimum absolute atomic E-state index is 0.0152. The predicted molar refractivity (Wildman–Crippen MR) is 206 cm³/mol. The Morgan fingerprint density at radius 3 is 1.53 bits per heavy atom. The zero-order chi connectivity index (χ0) is 33.9. The zero-order valence-corrected chi connectivity index (χ0v) is 30.8. The van der Waals surface area contributed by atoms with E-state index in [1.165, 1.54) is 61.4 Å². The number of benzene rings is 4. The molecule has 0 atom stereocenters. The molecule has 7 rings (SSSR count). The van der Waals surface area contributed by atoms with Gasteiger partial charge in [0, 0.05) is 28.7 Å². The largest absolute Gasteiger partial charge is 0.408 e. The highest BCUT2D eigenvalue weighted by atomic mass is 35.5. The van der Waals surface area contributed by atoms with Gasteiger partial charge in [-0.25, -0.2) is 0 Å². The van der Waals surface area contributed by atoms with Crippen LogP contribution in [0.2, 0.25) is 0 Å². The Morgan fingerprint density at radius 1 is 0.553 bits per heavy atom. The van der Waals surface area contributed by atoms with E-state index in [-0.39, 0.29) is 21.6 Å². The first-order chi connectivity index (χ1) is 22.1. The highest BCUT2D eigenvalue weighted by Gasteiger charge is 2.55. The van der Waals surface area contributed by atoms with Gasteiger partial charge in [0.1, 0.15) is 6.20 Å². The molecule has 1 spiro atoms. The van der Waals surface area contributed by atoms with Crippen molar-refractivity contribution in [3.8, 4) is 11.3 Å². The molecular formula is C42H47BCl2N2. The van der Waals surface area contributed by atoms with Gasteiger partial charge in [0.15, 0.2) is 5.69 Å². The van der Waals surface area contributed by atoms with Crippen molar-refractivity contribution in [2.75, 3.05) is 10.2 Å². The van der Waals surface area contributed by atoms with Crippen LogP contribution in [0.1, 0.15) is 79.0 Å². The molecule has 0 saturated carbocycles. The summed E-state index contributed by atoms with van der Waals surface area (Å²) in [4.78, 5) is 2.52. The molecule has 2 nitrogen and oxygen atoms in total. The minimum atomic E-state index is -1.52. The van der Waals surface area contributed by atoms with E-state index in [0.717, 1.165) is 0 Å². The summed E-state index contributed by atoms with van der Waals surface area (Å²) in [5.41, 5.74) is 14.7. The van der Waals surface area contributed by atoms with Crippen molar-refractivity contribution in [2.45, 2.75) is 78.6 Å². The number of aromatic nitrogens is 1. The second kappa shape index (κ2) is 11.9. The highest BCUT2D eigenvalue weighted by Crippen LogP contribution is 2.42. The van der Waals surface area contributed by atoms with Crippen LogP contribution < -0.4 is 25.8 Å². The van der Waals surface area contributed by atoms with E-state index in [9.17, 15) is 0 Å². The summed E-state index contributed by atoms with van der Waals surface area (Å²) in [5.74, 6) is 0. The van der Waals surface area contributed by atoms with Crippen LogP contribution in [0.15, 0.2) is 109 Å². The number of hydrogen-bond donors (Lipinski definition) is 0. The van der Waals surface area contributed by atoms with Crippen LogP contribution in [-0.4, -0.2) is 11.6 Å². The normalized spacial score (nSPS) is 14.5. The summed E-state index contributed by atoms with van der Waals surface area (Å²) < 4.78 is 2.61. The molecule has 47 heavy (non-hydrogen) atoms. The Hall–Kier alpha value is -3.53. The Balaban J connectivity index is 0.00000124. The van der Waals surface area contributed by atoms with Crippen LogP contribution in [0.25, 0.3) is 11.3 Å². The lowest BCUT2D eigenvalue weighted by Gasteiger charge is -2.46. The van der Waals surface area contributed by atoms with E-state index in [0.29, 0.717) is 0 Å². The van der Waals surface area contributed by atoms with Crippen molar-refractivity contribution < 1.29 is 4.48 Å². The van der Waals surface area contributed by atoms with Crippen molar-refractivity contribution in [1.29, 1.82) is 0 Å². The van der Waals surface area contributed by atoms with Gasteiger partial charge in [-0.3, -0.25) is 0 Å². The molecule has 0 saturated heterocycles. The monoisotopic (exact) mass is 660 g/mol. The molecule has 0 radical (unpaired) electrons. The van der Waals surface area contributed by atoms with Gasteiger partial charge in [-0.15, -0.1) is 39.6 Å². The number of fused-ring (bicyclic) bond motifs is 9. The fourth-order valence-corrected chi connectivity index (χ4v) is 7.71. The molecule has 0 bridgehead atoms. The van der Waals surface area contributed by atoms with Crippen molar-refractivity contribution in [2.24, 2.45) is 0 Å². The van der Waals surface area contributed by atoms with Crippen molar-refractivity contribution in [1.82, 2.24) is 0 Å². The van der Waals surface area contributed by atoms with Crippen LogP contribution in [0.3, 0.4) is 0 Å². The van der Waals surface area contributed by atoms with E-state index >= 15 is 0 Å². The second-order valence-electron chi connectivity index (χ2n) is 16.2. The minimum Gasteiger partial charge on any atom is -0.408 e. The first-order valence-electron chi connectivity index (χ1n) is 16.7. The van der Waals surface area contributed by atoms with Gasteiger partial charge in [0.05, 0.1) is 5.34 Å². The standard InChI is InChI=1S/C41H45BN2.CH2Cl2/c1-39(2,3)28-17-21-31(22-18-28)44-37-23-19-29(40(4,5)6)26-34(37)42(35-27-30(41(7,8)9)20-24-38(35)44)33-15-11-10-14-32(33)36-16-12-13-25-43(36)42;2-1-3/h10-27H,1-9H3;1H2. The molecule has 5 heteroatoms. The first kappa shape index (κ1) is 33.4. The van der Waals surface area contributed by atoms with Crippen LogP contribution in [-0.2, 0) is 16.2 Å². The van der Waals surface area contributed by atoms with Crippen molar-refractivity contribution in [3.63, 3.8) is 0 Å². The molecule has 4 aromatic carbocycles. The SMILES string of the molecule is CC(C)(C)c1ccc(N2c3ccc(C(C)(C)C)cc3[B-]3(c4ccccc4-c4cccc[n+]43)c3cc(C(C)(C)C)ccc32)cc1.ClCCl. The molecule has 0 N–H and O–H groups in total. The molecule has 0 unspecified atom stereocenters. The van der Waals surface area contributed by atoms with E-state index < -0.39 is 6.28 Å². The summed E-state index contributed by atoms with van der Waals surface area (Å²) in [6.45, 7) is 20.8. The predicted octanol–water partition coefficient (Wildman–Crippen LogP) is 9.57. The summed E-state index contributed by atoms with van der Waals surface area (Å²) in [6, 6.07) is 39.6. The summed E-state index contributed by atoms with van der Waals surface area (Å²) in [6.07, 6.45) is 0.799. The summed E-state index contributed by atoms with van der Waals surface area (Å²) in [7, 11) is 0. The van der Waals surface area contributed by atoms with Gasteiger partial charge in [0.25, 0.3) is 0 Å². The van der Waals surface area contributed by atoms with Crippen molar-refractivity contribution >= 4 is 62.9 Å². The number of halogens is 2. The van der Waals surface area contributed by atoms with Gasteiger partial charge >= 0.3 is 6.28 Å². The third-order valence-electron chi connectivity index (χ3n) is 10.2. The maximum Gasteiger partial charge on any atom is 0.365 e. The lowest BCUT2D eigenvalue weighted by Crippen LogP contribution is -2.84. The Labute approximate surface area is 292 Å². The quantitative estimate of drug-likeness (QED) is 0.126. The van der Waals surface area contributed by atoms with Gasteiger partial charge < -0.3 is 9.38 Å². The van der Waals surface area contributed by atoms with Crippen molar-refractivity contribution in [3.05, 3.63) is 126 Å². The maximum atomic E-state index is 4.76. The lowest BCUT2D eigenvalue weighted by atomic mass is 9.23. The number of alkyl halides is 2. The summed E-state index contributed by atoms with van der Waals surface area (Å²) in [5, 5.41) is 0.194. The third-order valence-corrected chi connectivity index (χ3v) is 10.2. The average Bonchev–Trinajstić information content (AvgIpc) is 3.31. The first-order valence-corrected chi connectivity index (χ1v) is 17.8. The van der Waals surface area contributed by atoms with Crippen LogP contribution >= 0.6 is 23.2 Å². The molecule has 2 aliphatic heterocycles. The number of nitrogens with zero attached hydrogens (tertiary/aromatic N) is 2. The molecule has 3 heterocycles. The highest BCUT2D eigenvalue weighted by molar-refractivity contribution is 7.09. The van der Waals surface area contributed by atoms with Gasteiger partial charge in [-0.05, 0) is 63.3 Å². The third kappa shape index (κ3) is 5.50. The molecule has 0 amide bonds. The van der Waals surface area contributed by atoms with E-state index in [4.69, 9.17) is 23.2 Å². The van der Waals surface area contributed by atoms with Crippen LogP contribution in [0.5, 0.6) is 0 Å². The Kier molecular flexibility index (Phi) is 8.43. The maximum absolute atomic E-state index is 4.76. The molecule has 242 valence electrons. The Bertz CT molecular complexity index is 1830. The Morgan fingerprint density at radius 2 is 1.02 bits per heavy atom. The molecule has 0 fully saturated rings. The van der Waals surface area contributed by atoms with E-state index in [1.54, 1.807) is 0 Å². The van der Waals surface area contributed by atoms with E-state index in [2.05, 4.69) is 181 Å². The van der Waals surface area contributed by atoms with Gasteiger partial charge in [-0.2, -0.15) is 0 Å². The van der Waals surface area contributed by atoms with E-state index in [1.807, 2.05) is 0 Å². The number of anilines is 3. The fraction of sp³-hybridized carbons (Fsp3) is 0.310. The number of rotatable bonds is 1. The van der Waals surface area contributed by atoms with Gasteiger partial charge in [-0.1, -0.05) is 129 Å². The molecular weight excluding hydrogens is 614 g/mol. The smallest absolute Gasteiger partial charge is 0.365 e. The number of pyridine rings is 1. The average molecular weight is 662 g/mol. The zero-order valence-electron chi connectivity index (χ0n) is 29.3. The molecule has 2 aliphatic rings. The lowest BCUT2D eigenvalue weighted by molar-refractivity contribution is -0.524. The van der Waals surface area contributed by atoms with Gasteiger partial charge in [0.2, 0.25) is 0 Å². The fourth-order valence-electron chi connectivity index (χ4n) is 7.71. The summed E-state index contributed by atoms with van der Waals surface area (Å²) >= 11 is 9.53. The second-order valence-corrected chi connectivity index (χ2v) is 17.0. The topological polar surface area (TPSA) is 7.12 Å². The molecule has 0 aliphatic carbocycles. The van der Waals surface area contributed by atoms with Crippen LogP contribution in [0, 0.1) is 0 Å². The molecule has 5 aromatic rings. The molecule has 1 aromatic heterocycles.